The van der Waals surface area contributed by atoms with E-state index in [9.17, 15) is 46.1 Å². The minimum Gasteiger partial charge on any atom is -0.871 e. The van der Waals surface area contributed by atoms with Gasteiger partial charge in [-0.1, -0.05) is 102 Å². The fourth-order valence-corrected chi connectivity index (χ4v) is 9.69. The number of para-hydroxylation sites is 4. The van der Waals surface area contributed by atoms with Crippen LogP contribution in [0.2, 0.25) is 10.0 Å². The number of carbonyl (C=O) groups excluding carboxylic acids is 1. The number of hydrogen-bond donors (Lipinski definition) is 4. The molecule has 4 N–H and O–H groups in total. The van der Waals surface area contributed by atoms with Crippen LogP contribution in [-0.4, -0.2) is 93.8 Å². The third-order valence-electron chi connectivity index (χ3n) is 10.9. The molecule has 0 aromatic heterocycles. The number of nitrogens with zero attached hydrogens (tertiary/aromatic N) is 5. The molecule has 380 valence electrons. The van der Waals surface area contributed by atoms with E-state index in [0.29, 0.717) is 51.9 Å². The van der Waals surface area contributed by atoms with Gasteiger partial charge in [0, 0.05) is 20.8 Å². The van der Waals surface area contributed by atoms with Crippen molar-refractivity contribution in [3.05, 3.63) is 166 Å². The molecule has 8 aromatic carbocycles. The van der Waals surface area contributed by atoms with Gasteiger partial charge in [-0.2, -0.15) is 21.9 Å². The van der Waals surface area contributed by atoms with Crippen LogP contribution in [0.15, 0.2) is 169 Å². The van der Waals surface area contributed by atoms with Gasteiger partial charge in [0.1, 0.15) is 44.0 Å². The molecule has 75 heavy (non-hydrogen) atoms. The summed E-state index contributed by atoms with van der Waals surface area (Å²) in [7, 11) is -9.39. The molecule has 0 radical (unpaired) electrons. The molecule has 1 amide bonds. The Morgan fingerprint density at radius 2 is 1.07 bits per heavy atom. The second-order valence-corrected chi connectivity index (χ2v) is 19.3. The molecule has 0 aliphatic carbocycles. The zero-order valence-electron chi connectivity index (χ0n) is 40.1. The minimum atomic E-state index is -4.71. The topological polar surface area (TPSA) is 284 Å². The Balaban J connectivity index is 0.000000241. The quantitative estimate of drug-likeness (QED) is 0.0260. The Bertz CT molecular complexity index is 3830. The fourth-order valence-electron chi connectivity index (χ4n) is 7.52. The number of phenols is 1. The summed E-state index contributed by atoms with van der Waals surface area (Å²) in [5, 5.41) is 58.6. The number of amides is 1. The van der Waals surface area contributed by atoms with E-state index in [4.69, 9.17) is 32.7 Å². The predicted molar refractivity (Wildman–Crippen MR) is 284 cm³/mol. The summed E-state index contributed by atoms with van der Waals surface area (Å²) in [5.74, 6) is -1.78. The van der Waals surface area contributed by atoms with Gasteiger partial charge in [0.2, 0.25) is 0 Å². The molecule has 0 spiro atoms. The standard InChI is InChI=1S/2C26H22ClN3O6S.Ca/c2*1-3-36-22-11-7-6-10-20(22)28-26(32)18-14-16-8-4-5-9-17(16)23(24(18)31)30-29-21-13-12-19(27)15(2)25(21)37(33,34)35;/h2*4-14,31H,3H2,1-2H3,(H,28,32)(H,33,34,35);/q;;+2/p-2. The Morgan fingerprint density at radius 1 is 0.613 bits per heavy atom. The first-order valence-electron chi connectivity index (χ1n) is 22.1. The Labute approximate surface area is 470 Å². The molecule has 0 saturated carbocycles. The average molecular weight is 1120 g/mol. The van der Waals surface area contributed by atoms with Gasteiger partial charge < -0.3 is 30.1 Å². The van der Waals surface area contributed by atoms with E-state index in [-0.39, 0.29) is 98.5 Å². The first-order chi connectivity index (χ1) is 35.2. The monoisotopic (exact) mass is 1120 g/mol. The van der Waals surface area contributed by atoms with E-state index in [1.807, 2.05) is 6.92 Å². The van der Waals surface area contributed by atoms with Crippen LogP contribution >= 0.6 is 23.2 Å². The van der Waals surface area contributed by atoms with Gasteiger partial charge >= 0.3 is 37.7 Å². The van der Waals surface area contributed by atoms with Crippen LogP contribution in [0.4, 0.5) is 34.1 Å². The van der Waals surface area contributed by atoms with Gasteiger partial charge in [-0.05, 0) is 122 Å². The van der Waals surface area contributed by atoms with Crippen molar-refractivity contribution in [2.75, 3.05) is 18.5 Å². The van der Waals surface area contributed by atoms with Crippen LogP contribution in [0.25, 0.3) is 21.5 Å². The van der Waals surface area contributed by atoms with Gasteiger partial charge in [-0.25, -0.2) is 0 Å². The number of halogens is 2. The number of carbonyl (C=O) groups is 1. The number of rotatable bonds is 14. The summed E-state index contributed by atoms with van der Waals surface area (Å²) < 4.78 is 78.4. The molecule has 8 aromatic rings. The van der Waals surface area contributed by atoms with E-state index in [0.717, 1.165) is 0 Å². The van der Waals surface area contributed by atoms with E-state index in [1.165, 1.54) is 50.2 Å². The van der Waals surface area contributed by atoms with Gasteiger partial charge in [0.25, 0.3) is 26.1 Å². The number of nitrogens with one attached hydrogen (secondary N) is 1. The van der Waals surface area contributed by atoms with Crippen molar-refractivity contribution in [1.82, 2.24) is 0 Å². The van der Waals surface area contributed by atoms with Crippen LogP contribution in [0, 0.1) is 13.8 Å². The van der Waals surface area contributed by atoms with Crippen molar-refractivity contribution in [3.63, 3.8) is 0 Å². The van der Waals surface area contributed by atoms with Gasteiger partial charge in [-0.15, -0.1) is 15.3 Å². The number of phenolic OH excluding ortho intramolecular Hbond substituents is 1. The normalized spacial score (nSPS) is 11.9. The van der Waals surface area contributed by atoms with Gasteiger partial charge in [0.05, 0.1) is 30.2 Å². The summed E-state index contributed by atoms with van der Waals surface area (Å²) >= 11 is 12.0. The van der Waals surface area contributed by atoms with Crippen LogP contribution in [0.5, 0.6) is 23.0 Å². The molecule has 0 bridgehead atoms. The largest absolute Gasteiger partial charge is 2.00 e. The van der Waals surface area contributed by atoms with Crippen LogP contribution in [-0.2, 0) is 20.2 Å². The second-order valence-electron chi connectivity index (χ2n) is 15.8. The molecular formula is C52H42CaCl2N6O12S2. The Morgan fingerprint density at radius 3 is 1.61 bits per heavy atom. The van der Waals surface area contributed by atoms with Crippen molar-refractivity contribution < 1.29 is 55.5 Å². The minimum absolute atomic E-state index is 0. The number of hydrogen-bond acceptors (Lipinski definition) is 15. The molecule has 8 rings (SSSR count). The molecule has 0 aliphatic rings. The summed E-state index contributed by atoms with van der Waals surface area (Å²) in [5.41, 5.74) is -0.145. The van der Waals surface area contributed by atoms with Gasteiger partial charge in [0.15, 0.2) is 5.75 Å². The maximum absolute atomic E-state index is 13.4. The van der Waals surface area contributed by atoms with Crippen molar-refractivity contribution in [2.24, 2.45) is 25.4 Å². The summed E-state index contributed by atoms with van der Waals surface area (Å²) in [6, 6.07) is 35.4. The van der Waals surface area contributed by atoms with Crippen LogP contribution in [0.3, 0.4) is 0 Å². The molecule has 0 heterocycles. The van der Waals surface area contributed by atoms with Crippen molar-refractivity contribution >= 4 is 149 Å². The number of aliphatic imine (C=N–C) groups is 1. The first kappa shape index (κ1) is 57.6. The Hall–Kier alpha value is -6.72. The third-order valence-corrected chi connectivity index (χ3v) is 13.8. The van der Waals surface area contributed by atoms with Crippen molar-refractivity contribution in [2.45, 2.75) is 37.5 Å². The first-order valence-corrected chi connectivity index (χ1v) is 25.7. The molecule has 18 nitrogen and oxygen atoms in total. The van der Waals surface area contributed by atoms with Crippen molar-refractivity contribution in [3.8, 4) is 23.0 Å². The Kier molecular flexibility index (Phi) is 19.0. The second kappa shape index (κ2) is 24.7. The average Bonchev–Trinajstić information content (AvgIpc) is 3.35. The van der Waals surface area contributed by atoms with E-state index in [1.54, 1.807) is 104 Å². The predicted octanol–water partition coefficient (Wildman–Crippen LogP) is 11.8. The summed E-state index contributed by atoms with van der Waals surface area (Å²) in [6.45, 7) is 7.20. The van der Waals surface area contributed by atoms with E-state index >= 15 is 0 Å². The number of benzene rings is 8. The van der Waals surface area contributed by atoms with Crippen molar-refractivity contribution in [1.29, 1.82) is 0 Å². The molecule has 0 fully saturated rings. The van der Waals surface area contributed by atoms with E-state index in [2.05, 4.69) is 30.8 Å². The number of anilines is 1. The van der Waals surface area contributed by atoms with Gasteiger partial charge in [-0.3, -0.25) is 18.9 Å². The number of ether oxygens (including phenoxy) is 2. The number of azo groups is 2. The fraction of sp³-hybridized carbons (Fsp3) is 0.115. The van der Waals surface area contributed by atoms with E-state index < -0.39 is 53.3 Å². The number of aromatic hydroxyl groups is 1. The molecule has 0 aliphatic heterocycles. The molecule has 23 heteroatoms. The SMILES string of the molecule is CCOc1ccccc1N=C([O-])c1cc2ccccc2c(N=Nc2ccc(Cl)c(C)c2S(=O)(=O)O)c1[O-].CCOc1ccccc1NC(=O)c1cc2ccccc2c(N=Nc2ccc(Cl)c(C)c2S(=O)(=O)O)c1O.[Ca+2]. The van der Waals surface area contributed by atoms with Crippen LogP contribution < -0.4 is 25.0 Å². The summed E-state index contributed by atoms with van der Waals surface area (Å²) in [4.78, 5) is 16.2. The smallest absolute Gasteiger partial charge is 0.871 e. The molecule has 0 saturated heterocycles. The maximum atomic E-state index is 13.4. The zero-order valence-corrected chi connectivity index (χ0v) is 45.5. The molecular weight excluding hydrogens is 1080 g/mol. The third kappa shape index (κ3) is 13.2. The zero-order chi connectivity index (χ0) is 53.5. The molecule has 0 atom stereocenters. The molecule has 0 unspecified atom stereocenters. The summed E-state index contributed by atoms with van der Waals surface area (Å²) in [6.07, 6.45) is 0. The van der Waals surface area contributed by atoms with Crippen LogP contribution in [0.1, 0.15) is 40.9 Å². The number of fused-ring (bicyclic) bond motifs is 2. The maximum Gasteiger partial charge on any atom is 2.00 e.